The average Bonchev–Trinajstić information content (AvgIpc) is 2.55. The molecule has 1 aromatic carbocycles. The number of rotatable bonds is 3. The minimum Gasteiger partial charge on any atom is -0.353 e. The lowest BCUT2D eigenvalue weighted by atomic mass is 10.1. The molecule has 1 N–H and O–H groups in total. The van der Waals surface area contributed by atoms with Crippen molar-refractivity contribution in [3.63, 3.8) is 0 Å². The number of nitrogens with one attached hydrogen (secondary N) is 1. The topological polar surface area (TPSA) is 29.1 Å². The van der Waals surface area contributed by atoms with Gasteiger partial charge in [-0.3, -0.25) is 4.79 Å². The van der Waals surface area contributed by atoms with Crippen LogP contribution in [0.3, 0.4) is 0 Å². The van der Waals surface area contributed by atoms with E-state index in [0.29, 0.717) is 12.5 Å². The van der Waals surface area contributed by atoms with Crippen molar-refractivity contribution in [3.05, 3.63) is 42.0 Å². The Balaban J connectivity index is 1.85. The van der Waals surface area contributed by atoms with Crippen LogP contribution in [-0.4, -0.2) is 11.9 Å². The largest absolute Gasteiger partial charge is 0.353 e. The van der Waals surface area contributed by atoms with Crippen LogP contribution in [0.25, 0.3) is 6.08 Å². The third-order valence-electron chi connectivity index (χ3n) is 3.10. The van der Waals surface area contributed by atoms with E-state index < -0.39 is 0 Å². The van der Waals surface area contributed by atoms with Crippen LogP contribution in [0.15, 0.2) is 36.4 Å². The first-order valence-electron chi connectivity index (χ1n) is 6.35. The number of carbonyl (C=O) groups excluding carboxylic acids is 1. The number of hydrogen-bond acceptors (Lipinski definition) is 1. The molecule has 90 valence electrons. The second-order valence-corrected chi connectivity index (χ2v) is 4.56. The molecule has 1 fully saturated rings. The molecule has 1 atom stereocenters. The lowest BCUT2D eigenvalue weighted by Gasteiger charge is -2.12. The molecule has 1 amide bonds. The smallest absolute Gasteiger partial charge is 0.220 e. The number of carbonyl (C=O) groups is 1. The maximum absolute atomic E-state index is 11.4. The Morgan fingerprint density at radius 1 is 1.24 bits per heavy atom. The second kappa shape index (κ2) is 6.24. The first-order chi connectivity index (χ1) is 8.34. The Kier molecular flexibility index (Phi) is 4.37. The molecule has 0 aliphatic carbocycles. The van der Waals surface area contributed by atoms with Crippen LogP contribution in [0.1, 0.15) is 37.7 Å². The molecule has 2 nitrogen and oxygen atoms in total. The standard InChI is InChI=1S/C15H19NO/c17-15-12-5-4-10-14(16-15)11-6-9-13-7-2-1-3-8-13/h1-3,6-9,14H,4-5,10-12H2,(H,16,17)/b9-6+. The fraction of sp³-hybridized carbons (Fsp3) is 0.400. The summed E-state index contributed by atoms with van der Waals surface area (Å²) in [4.78, 5) is 11.4. The van der Waals surface area contributed by atoms with Crippen LogP contribution in [-0.2, 0) is 4.79 Å². The average molecular weight is 229 g/mol. The number of hydrogen-bond donors (Lipinski definition) is 1. The fourth-order valence-electron chi connectivity index (χ4n) is 2.16. The predicted molar refractivity (Wildman–Crippen MR) is 70.5 cm³/mol. The van der Waals surface area contributed by atoms with E-state index in [9.17, 15) is 4.79 Å². The molecule has 1 aliphatic rings. The summed E-state index contributed by atoms with van der Waals surface area (Å²) in [5.74, 6) is 0.209. The van der Waals surface area contributed by atoms with Gasteiger partial charge in [-0.25, -0.2) is 0 Å². The zero-order chi connectivity index (χ0) is 11.9. The molecule has 1 unspecified atom stereocenters. The van der Waals surface area contributed by atoms with E-state index in [1.54, 1.807) is 0 Å². The van der Waals surface area contributed by atoms with Crippen molar-refractivity contribution in [2.24, 2.45) is 0 Å². The Labute approximate surface area is 103 Å². The summed E-state index contributed by atoms with van der Waals surface area (Å²) in [6.07, 6.45) is 9.19. The molecular weight excluding hydrogens is 210 g/mol. The quantitative estimate of drug-likeness (QED) is 0.847. The summed E-state index contributed by atoms with van der Waals surface area (Å²) in [7, 11) is 0. The molecule has 0 bridgehead atoms. The summed E-state index contributed by atoms with van der Waals surface area (Å²) in [5.41, 5.74) is 1.22. The van der Waals surface area contributed by atoms with Gasteiger partial charge in [-0.1, -0.05) is 48.9 Å². The van der Waals surface area contributed by atoms with E-state index in [0.717, 1.165) is 25.7 Å². The van der Waals surface area contributed by atoms with Crippen LogP contribution >= 0.6 is 0 Å². The minimum absolute atomic E-state index is 0.209. The zero-order valence-corrected chi connectivity index (χ0v) is 10.1. The molecule has 1 aromatic rings. The van der Waals surface area contributed by atoms with Gasteiger partial charge in [0.05, 0.1) is 0 Å². The van der Waals surface area contributed by atoms with Gasteiger partial charge in [0, 0.05) is 12.5 Å². The highest BCUT2D eigenvalue weighted by Gasteiger charge is 2.14. The molecule has 2 heteroatoms. The highest BCUT2D eigenvalue weighted by Crippen LogP contribution is 2.13. The van der Waals surface area contributed by atoms with Crippen molar-refractivity contribution in [2.75, 3.05) is 0 Å². The maximum Gasteiger partial charge on any atom is 0.220 e. The Morgan fingerprint density at radius 2 is 2.06 bits per heavy atom. The van der Waals surface area contributed by atoms with E-state index >= 15 is 0 Å². The van der Waals surface area contributed by atoms with Crippen LogP contribution in [0, 0.1) is 0 Å². The minimum atomic E-state index is 0.209. The second-order valence-electron chi connectivity index (χ2n) is 4.56. The molecule has 0 aromatic heterocycles. The van der Waals surface area contributed by atoms with Gasteiger partial charge < -0.3 is 5.32 Å². The molecule has 0 spiro atoms. The van der Waals surface area contributed by atoms with Crippen LogP contribution in [0.2, 0.25) is 0 Å². The molecule has 1 heterocycles. The summed E-state index contributed by atoms with van der Waals surface area (Å²) in [5, 5.41) is 3.07. The Hall–Kier alpha value is -1.57. The molecule has 0 radical (unpaired) electrons. The van der Waals surface area contributed by atoms with E-state index in [1.165, 1.54) is 5.56 Å². The third kappa shape index (κ3) is 4.06. The molecule has 17 heavy (non-hydrogen) atoms. The Morgan fingerprint density at radius 3 is 2.88 bits per heavy atom. The van der Waals surface area contributed by atoms with Crippen molar-refractivity contribution in [2.45, 2.75) is 38.1 Å². The fourth-order valence-corrected chi connectivity index (χ4v) is 2.16. The lowest BCUT2D eigenvalue weighted by molar-refractivity contribution is -0.121. The SMILES string of the molecule is O=C1CCCCC(C/C=C/c2ccccc2)N1. The van der Waals surface area contributed by atoms with Gasteiger partial charge in [-0.15, -0.1) is 0 Å². The first kappa shape index (κ1) is 11.9. The van der Waals surface area contributed by atoms with E-state index in [1.807, 2.05) is 18.2 Å². The molecule has 1 aliphatic heterocycles. The van der Waals surface area contributed by atoms with E-state index in [2.05, 4.69) is 29.6 Å². The highest BCUT2D eigenvalue weighted by molar-refractivity contribution is 5.76. The van der Waals surface area contributed by atoms with Crippen LogP contribution < -0.4 is 5.32 Å². The van der Waals surface area contributed by atoms with Gasteiger partial charge in [0.1, 0.15) is 0 Å². The van der Waals surface area contributed by atoms with Crippen molar-refractivity contribution in [1.82, 2.24) is 5.32 Å². The molecule has 0 saturated carbocycles. The lowest BCUT2D eigenvalue weighted by Crippen LogP contribution is -2.32. The summed E-state index contributed by atoms with van der Waals surface area (Å²) >= 11 is 0. The summed E-state index contributed by atoms with van der Waals surface area (Å²) in [6.45, 7) is 0. The molecular formula is C15H19NO. The van der Waals surface area contributed by atoms with Crippen molar-refractivity contribution in [3.8, 4) is 0 Å². The van der Waals surface area contributed by atoms with Crippen LogP contribution in [0.4, 0.5) is 0 Å². The zero-order valence-electron chi connectivity index (χ0n) is 10.1. The van der Waals surface area contributed by atoms with Gasteiger partial charge in [0.15, 0.2) is 0 Å². The van der Waals surface area contributed by atoms with E-state index in [-0.39, 0.29) is 5.91 Å². The summed E-state index contributed by atoms with van der Waals surface area (Å²) in [6, 6.07) is 10.6. The number of benzene rings is 1. The van der Waals surface area contributed by atoms with Gasteiger partial charge in [-0.2, -0.15) is 0 Å². The van der Waals surface area contributed by atoms with Gasteiger partial charge >= 0.3 is 0 Å². The monoisotopic (exact) mass is 229 g/mol. The molecule has 2 rings (SSSR count). The number of amides is 1. The van der Waals surface area contributed by atoms with Gasteiger partial charge in [0.2, 0.25) is 5.91 Å². The first-order valence-corrected chi connectivity index (χ1v) is 6.35. The van der Waals surface area contributed by atoms with Gasteiger partial charge in [-0.05, 0) is 24.8 Å². The predicted octanol–water partition coefficient (Wildman–Crippen LogP) is 3.15. The summed E-state index contributed by atoms with van der Waals surface area (Å²) < 4.78 is 0. The highest BCUT2D eigenvalue weighted by atomic mass is 16.1. The Bertz CT molecular complexity index is 383. The van der Waals surface area contributed by atoms with Crippen molar-refractivity contribution in [1.29, 1.82) is 0 Å². The maximum atomic E-state index is 11.4. The third-order valence-corrected chi connectivity index (χ3v) is 3.10. The van der Waals surface area contributed by atoms with Crippen molar-refractivity contribution >= 4 is 12.0 Å². The van der Waals surface area contributed by atoms with E-state index in [4.69, 9.17) is 0 Å². The van der Waals surface area contributed by atoms with Crippen molar-refractivity contribution < 1.29 is 4.79 Å². The molecule has 1 saturated heterocycles. The normalized spacial score (nSPS) is 21.2. The van der Waals surface area contributed by atoms with Gasteiger partial charge in [0.25, 0.3) is 0 Å². The van der Waals surface area contributed by atoms with Crippen LogP contribution in [0.5, 0.6) is 0 Å².